The van der Waals surface area contributed by atoms with Crippen molar-refractivity contribution in [2.24, 2.45) is 0 Å². The second-order valence-corrected chi connectivity index (χ2v) is 9.73. The van der Waals surface area contributed by atoms with Crippen LogP contribution in [-0.2, 0) is 13.1 Å². The number of rotatable bonds is 12. The number of pyridine rings is 2. The van der Waals surface area contributed by atoms with E-state index in [2.05, 4.69) is 15.2 Å². The summed E-state index contributed by atoms with van der Waals surface area (Å²) in [5.74, 6) is 4.39. The normalized spacial score (nSPS) is 10.7. The molecule has 0 fully saturated rings. The van der Waals surface area contributed by atoms with Gasteiger partial charge in [-0.15, -0.1) is 0 Å². The molecule has 0 aliphatic rings. The second kappa shape index (κ2) is 13.6. The molecule has 0 saturated carbocycles. The topological polar surface area (TPSA) is 107 Å². The molecule has 0 amide bonds. The van der Waals surface area contributed by atoms with Crippen molar-refractivity contribution in [3.05, 3.63) is 108 Å². The van der Waals surface area contributed by atoms with Gasteiger partial charge in [0.05, 0.1) is 38.8 Å². The number of aromatic nitrogens is 5. The summed E-state index contributed by atoms with van der Waals surface area (Å²) in [6.45, 7) is 4.99. The maximum absolute atomic E-state index is 5.36. The fourth-order valence-electron chi connectivity index (χ4n) is 4.45. The van der Waals surface area contributed by atoms with Gasteiger partial charge in [-0.05, 0) is 66.4 Å². The Hall–Kier alpha value is -5.25. The van der Waals surface area contributed by atoms with Crippen LogP contribution in [0.3, 0.4) is 0 Å². The number of methoxy groups -OCH3 is 3. The van der Waals surface area contributed by atoms with Crippen molar-refractivity contribution in [3.63, 3.8) is 0 Å². The van der Waals surface area contributed by atoms with Crippen molar-refractivity contribution in [3.8, 4) is 28.8 Å². The highest BCUT2D eigenvalue weighted by molar-refractivity contribution is 5.75. The van der Waals surface area contributed by atoms with Crippen molar-refractivity contribution in [2.45, 2.75) is 26.9 Å². The summed E-state index contributed by atoms with van der Waals surface area (Å²) < 4.78 is 15.9. The van der Waals surface area contributed by atoms with Crippen LogP contribution in [0.4, 0.5) is 17.5 Å². The van der Waals surface area contributed by atoms with Crippen LogP contribution in [0.1, 0.15) is 29.4 Å². The van der Waals surface area contributed by atoms with Gasteiger partial charge >= 0.3 is 0 Å². The van der Waals surface area contributed by atoms with Crippen LogP contribution in [0.2, 0.25) is 0 Å². The quantitative estimate of drug-likeness (QED) is 0.185. The van der Waals surface area contributed by atoms with Gasteiger partial charge in [-0.1, -0.05) is 31.2 Å². The number of nitrogens with zero attached hydrogens (tertiary/aromatic N) is 6. The SMILES string of the molecule is C[CH]c1cnc(Nc2ccc(OC)nc2)c(-c2nc(C)nc(N(Cc3ccc(OC)cc3)Cc3ccc(OC)cc3)n2)c1. The first-order chi connectivity index (χ1) is 21.0. The molecule has 0 bridgehead atoms. The van der Waals surface area contributed by atoms with Crippen LogP contribution in [0.15, 0.2) is 79.1 Å². The first kappa shape index (κ1) is 29.2. The van der Waals surface area contributed by atoms with Gasteiger partial charge in [0.25, 0.3) is 0 Å². The zero-order valence-electron chi connectivity index (χ0n) is 24.9. The highest BCUT2D eigenvalue weighted by Crippen LogP contribution is 2.30. The van der Waals surface area contributed by atoms with Crippen LogP contribution in [-0.4, -0.2) is 46.2 Å². The Morgan fingerprint density at radius 2 is 1.40 bits per heavy atom. The van der Waals surface area contributed by atoms with Crippen molar-refractivity contribution in [2.75, 3.05) is 31.5 Å². The predicted octanol–water partition coefficient (Wildman–Crippen LogP) is 6.19. The first-order valence-corrected chi connectivity index (χ1v) is 13.8. The highest BCUT2D eigenvalue weighted by atomic mass is 16.5. The van der Waals surface area contributed by atoms with Gasteiger partial charge in [-0.2, -0.15) is 9.97 Å². The molecular formula is C33H34N7O3. The average molecular weight is 577 g/mol. The molecular weight excluding hydrogens is 542 g/mol. The molecule has 0 saturated heterocycles. The Morgan fingerprint density at radius 1 is 0.744 bits per heavy atom. The number of benzene rings is 2. The summed E-state index contributed by atoms with van der Waals surface area (Å²) >= 11 is 0. The van der Waals surface area contributed by atoms with Crippen molar-refractivity contribution >= 4 is 17.5 Å². The van der Waals surface area contributed by atoms with E-state index in [1.165, 1.54) is 0 Å². The summed E-state index contributed by atoms with van der Waals surface area (Å²) in [4.78, 5) is 25.6. The van der Waals surface area contributed by atoms with Crippen molar-refractivity contribution in [1.29, 1.82) is 0 Å². The molecule has 5 aromatic rings. The molecule has 43 heavy (non-hydrogen) atoms. The number of hydrogen-bond acceptors (Lipinski definition) is 10. The van der Waals surface area contributed by atoms with E-state index < -0.39 is 0 Å². The third-order valence-electron chi connectivity index (χ3n) is 6.77. The minimum absolute atomic E-state index is 0.511. The Bertz CT molecular complexity index is 1590. The molecule has 3 aromatic heterocycles. The van der Waals surface area contributed by atoms with E-state index >= 15 is 0 Å². The minimum Gasteiger partial charge on any atom is -0.497 e. The van der Waals surface area contributed by atoms with Gasteiger partial charge in [-0.25, -0.2) is 15.0 Å². The smallest absolute Gasteiger partial charge is 0.229 e. The summed E-state index contributed by atoms with van der Waals surface area (Å²) in [6.07, 6.45) is 5.49. The second-order valence-electron chi connectivity index (χ2n) is 9.73. The maximum atomic E-state index is 5.36. The van der Waals surface area contributed by atoms with E-state index in [0.717, 1.165) is 39.4 Å². The number of hydrogen-bond donors (Lipinski definition) is 1. The van der Waals surface area contributed by atoms with Gasteiger partial charge in [0.15, 0.2) is 5.82 Å². The van der Waals surface area contributed by atoms with E-state index in [4.69, 9.17) is 34.1 Å². The zero-order valence-corrected chi connectivity index (χ0v) is 24.9. The molecule has 2 aromatic carbocycles. The fourth-order valence-corrected chi connectivity index (χ4v) is 4.45. The Balaban J connectivity index is 1.54. The molecule has 3 heterocycles. The standard InChI is InChI=1S/C33H34N7O3/c1-6-23-17-29(31(35-18-23)38-26-11-16-30(43-5)34-19-26)32-36-22(2)37-33(39-32)40(20-24-7-12-27(41-3)13-8-24)21-25-9-14-28(42-4)15-10-25/h6-19H,20-21H2,1-5H3,(H,35,38). The summed E-state index contributed by atoms with van der Waals surface area (Å²) in [5.41, 5.74) is 4.63. The van der Waals surface area contributed by atoms with Crippen LogP contribution in [0.25, 0.3) is 11.4 Å². The Kier molecular flexibility index (Phi) is 9.26. The molecule has 0 aliphatic carbocycles. The molecule has 0 spiro atoms. The zero-order chi connectivity index (χ0) is 30.2. The van der Waals surface area contributed by atoms with Gasteiger partial charge in [0.2, 0.25) is 11.8 Å². The largest absolute Gasteiger partial charge is 0.497 e. The number of aryl methyl sites for hydroxylation is 1. The van der Waals surface area contributed by atoms with Gasteiger partial charge < -0.3 is 24.4 Å². The third kappa shape index (κ3) is 7.34. The monoisotopic (exact) mass is 576 g/mol. The maximum Gasteiger partial charge on any atom is 0.229 e. The lowest BCUT2D eigenvalue weighted by atomic mass is 10.1. The minimum atomic E-state index is 0.511. The molecule has 1 radical (unpaired) electrons. The van der Waals surface area contributed by atoms with Gasteiger partial charge in [0, 0.05) is 25.4 Å². The molecule has 0 aliphatic heterocycles. The summed E-state index contributed by atoms with van der Waals surface area (Å²) in [6, 6.07) is 21.7. The van der Waals surface area contributed by atoms with Gasteiger partial charge in [0.1, 0.15) is 23.1 Å². The predicted molar refractivity (Wildman–Crippen MR) is 167 cm³/mol. The van der Waals surface area contributed by atoms with Crippen molar-refractivity contribution < 1.29 is 14.2 Å². The molecule has 219 valence electrons. The van der Waals surface area contributed by atoms with Crippen LogP contribution in [0, 0.1) is 13.3 Å². The molecule has 1 N–H and O–H groups in total. The fraction of sp³-hybridized carbons (Fsp3) is 0.212. The summed E-state index contributed by atoms with van der Waals surface area (Å²) in [5, 5.41) is 3.36. The molecule has 0 unspecified atom stereocenters. The van der Waals surface area contributed by atoms with E-state index in [1.807, 2.05) is 80.9 Å². The first-order valence-electron chi connectivity index (χ1n) is 13.8. The van der Waals surface area contributed by atoms with E-state index in [-0.39, 0.29) is 0 Å². The Labute approximate surface area is 251 Å². The van der Waals surface area contributed by atoms with E-state index in [1.54, 1.807) is 39.8 Å². The van der Waals surface area contributed by atoms with Gasteiger partial charge in [-0.3, -0.25) is 0 Å². The van der Waals surface area contributed by atoms with Crippen LogP contribution < -0.4 is 24.4 Å². The van der Waals surface area contributed by atoms with E-state index in [9.17, 15) is 0 Å². The lowest BCUT2D eigenvalue weighted by Gasteiger charge is -2.24. The van der Waals surface area contributed by atoms with Crippen molar-refractivity contribution in [1.82, 2.24) is 24.9 Å². The van der Waals surface area contributed by atoms with E-state index in [0.29, 0.717) is 42.4 Å². The van der Waals surface area contributed by atoms with Crippen LogP contribution in [0.5, 0.6) is 17.4 Å². The molecule has 10 heteroatoms. The molecule has 5 rings (SSSR count). The average Bonchev–Trinajstić information content (AvgIpc) is 3.05. The molecule has 0 atom stereocenters. The lowest BCUT2D eigenvalue weighted by molar-refractivity contribution is 0.398. The summed E-state index contributed by atoms with van der Waals surface area (Å²) in [7, 11) is 4.91. The molecule has 10 nitrogen and oxygen atoms in total. The highest BCUT2D eigenvalue weighted by Gasteiger charge is 2.18. The Morgan fingerprint density at radius 3 is 1.93 bits per heavy atom. The number of nitrogens with one attached hydrogen (secondary N) is 1. The lowest BCUT2D eigenvalue weighted by Crippen LogP contribution is -2.25. The number of anilines is 3. The third-order valence-corrected chi connectivity index (χ3v) is 6.77. The number of ether oxygens (including phenoxy) is 3. The van der Waals surface area contributed by atoms with Crippen LogP contribution >= 0.6 is 0 Å².